The van der Waals surface area contributed by atoms with E-state index in [-0.39, 0.29) is 16.9 Å². The average molecular weight is 480 g/mol. The maximum absolute atomic E-state index is 12.9. The molecule has 1 fully saturated rings. The van der Waals surface area contributed by atoms with E-state index >= 15 is 0 Å². The summed E-state index contributed by atoms with van der Waals surface area (Å²) in [6.07, 6.45) is 5.70. The summed E-state index contributed by atoms with van der Waals surface area (Å²) < 4.78 is 0. The van der Waals surface area contributed by atoms with Crippen molar-refractivity contribution >= 4 is 33.3 Å². The topological polar surface area (TPSA) is 82.2 Å². The van der Waals surface area contributed by atoms with Gasteiger partial charge in [-0.15, -0.1) is 11.3 Å². The van der Waals surface area contributed by atoms with Gasteiger partial charge in [0.05, 0.1) is 5.39 Å². The summed E-state index contributed by atoms with van der Waals surface area (Å²) in [5.74, 6) is 2.31. The second-order valence-electron chi connectivity index (χ2n) is 10.6. The van der Waals surface area contributed by atoms with Crippen molar-refractivity contribution in [1.82, 2.24) is 19.9 Å². The van der Waals surface area contributed by atoms with Crippen LogP contribution in [0, 0.1) is 11.3 Å². The standard InChI is InChI=1S/C26H33N5O2S/c1-26(2,3)17-7-8-18-19(16-17)34-25-23(18)24(33)28-20(29-25)9-10-22(32)31-14-12-30(13-15-31)21-6-4-5-11-27-21/h4-6,11,17H,7-10,12-16H2,1-3H3,(H,28,29,33). The molecule has 7 nitrogen and oxygen atoms in total. The minimum atomic E-state index is -0.0527. The lowest BCUT2D eigenvalue weighted by molar-refractivity contribution is -0.131. The summed E-state index contributed by atoms with van der Waals surface area (Å²) in [4.78, 5) is 44.2. The smallest absolute Gasteiger partial charge is 0.259 e. The summed E-state index contributed by atoms with van der Waals surface area (Å²) >= 11 is 1.67. The Bertz CT molecular complexity index is 1240. The third-order valence-corrected chi connectivity index (χ3v) is 8.52. The van der Waals surface area contributed by atoms with E-state index in [0.29, 0.717) is 37.7 Å². The van der Waals surface area contributed by atoms with Crippen molar-refractivity contribution in [3.05, 3.63) is 51.0 Å². The number of thiophene rings is 1. The predicted octanol–water partition coefficient (Wildman–Crippen LogP) is 3.81. The van der Waals surface area contributed by atoms with E-state index in [4.69, 9.17) is 4.98 Å². The summed E-state index contributed by atoms with van der Waals surface area (Å²) in [5, 5.41) is 0.771. The number of hydrogen-bond acceptors (Lipinski definition) is 6. The Kier molecular flexibility index (Phi) is 6.18. The lowest BCUT2D eigenvalue weighted by Crippen LogP contribution is -2.49. The number of rotatable bonds is 4. The predicted molar refractivity (Wildman–Crippen MR) is 137 cm³/mol. The largest absolute Gasteiger partial charge is 0.353 e. The number of H-pyrrole nitrogens is 1. The van der Waals surface area contributed by atoms with Gasteiger partial charge in [-0.25, -0.2) is 9.97 Å². The first kappa shape index (κ1) is 23.0. The van der Waals surface area contributed by atoms with Gasteiger partial charge in [0, 0.05) is 50.1 Å². The second-order valence-corrected chi connectivity index (χ2v) is 11.6. The highest BCUT2D eigenvalue weighted by Crippen LogP contribution is 2.42. The summed E-state index contributed by atoms with van der Waals surface area (Å²) in [7, 11) is 0. The summed E-state index contributed by atoms with van der Waals surface area (Å²) in [6, 6.07) is 5.89. The van der Waals surface area contributed by atoms with Gasteiger partial charge in [-0.2, -0.15) is 0 Å². The normalized spacial score (nSPS) is 18.9. The number of anilines is 1. The highest BCUT2D eigenvalue weighted by Gasteiger charge is 2.31. The first-order valence-electron chi connectivity index (χ1n) is 12.3. The van der Waals surface area contributed by atoms with Crippen LogP contribution in [0.1, 0.15) is 49.9 Å². The van der Waals surface area contributed by atoms with E-state index in [1.807, 2.05) is 23.1 Å². The molecule has 2 aliphatic rings. The SMILES string of the molecule is CC(C)(C)C1CCc2c(sc3nc(CCC(=O)N4CCN(c5ccccn5)CC4)[nH]c(=O)c23)C1. The number of nitrogens with zero attached hydrogens (tertiary/aromatic N) is 4. The third kappa shape index (κ3) is 4.60. The average Bonchev–Trinajstić information content (AvgIpc) is 3.21. The molecule has 180 valence electrons. The second kappa shape index (κ2) is 9.13. The number of carbonyl (C=O) groups excluding carboxylic acids is 1. The Morgan fingerprint density at radius 1 is 1.21 bits per heavy atom. The zero-order chi connectivity index (χ0) is 23.9. The number of pyridine rings is 1. The number of piperazine rings is 1. The van der Waals surface area contributed by atoms with Gasteiger partial charge < -0.3 is 14.8 Å². The molecule has 4 heterocycles. The van der Waals surface area contributed by atoms with Crippen molar-refractivity contribution in [1.29, 1.82) is 0 Å². The number of aromatic nitrogens is 3. The fourth-order valence-electron chi connectivity index (χ4n) is 5.20. The maximum atomic E-state index is 12.9. The van der Waals surface area contributed by atoms with Crippen molar-refractivity contribution in [2.24, 2.45) is 11.3 Å². The van der Waals surface area contributed by atoms with Crippen LogP contribution in [-0.2, 0) is 24.1 Å². The van der Waals surface area contributed by atoms with Crippen LogP contribution in [0.2, 0.25) is 0 Å². The molecule has 0 spiro atoms. The number of carbonyl (C=O) groups is 1. The number of amides is 1. The van der Waals surface area contributed by atoms with Gasteiger partial charge in [0.2, 0.25) is 5.91 Å². The Labute approximate surface area is 204 Å². The zero-order valence-electron chi connectivity index (χ0n) is 20.3. The number of fused-ring (bicyclic) bond motifs is 3. The van der Waals surface area contributed by atoms with E-state index < -0.39 is 0 Å². The van der Waals surface area contributed by atoms with Crippen LogP contribution in [0.5, 0.6) is 0 Å². The molecule has 8 heteroatoms. The minimum absolute atomic E-state index is 0.0527. The molecule has 0 saturated carbocycles. The molecule has 0 aromatic carbocycles. The Hall–Kier alpha value is -2.74. The molecule has 0 radical (unpaired) electrons. The molecule has 34 heavy (non-hydrogen) atoms. The number of nitrogens with one attached hydrogen (secondary N) is 1. The van der Waals surface area contributed by atoms with Crippen LogP contribution < -0.4 is 10.5 Å². The van der Waals surface area contributed by atoms with Crippen LogP contribution in [0.25, 0.3) is 10.2 Å². The first-order chi connectivity index (χ1) is 16.3. The van der Waals surface area contributed by atoms with Crippen LogP contribution in [-0.4, -0.2) is 51.9 Å². The van der Waals surface area contributed by atoms with Crippen molar-refractivity contribution in [3.8, 4) is 0 Å². The minimum Gasteiger partial charge on any atom is -0.353 e. The van der Waals surface area contributed by atoms with Gasteiger partial charge in [-0.1, -0.05) is 26.8 Å². The van der Waals surface area contributed by atoms with E-state index in [9.17, 15) is 9.59 Å². The molecule has 1 atom stereocenters. The Balaban J connectivity index is 1.23. The molecule has 3 aromatic heterocycles. The van der Waals surface area contributed by atoms with E-state index in [0.717, 1.165) is 48.4 Å². The number of hydrogen-bond donors (Lipinski definition) is 1. The molecule has 5 rings (SSSR count). The maximum Gasteiger partial charge on any atom is 0.259 e. The van der Waals surface area contributed by atoms with Crippen LogP contribution in [0.4, 0.5) is 5.82 Å². The van der Waals surface area contributed by atoms with E-state index in [1.54, 1.807) is 17.5 Å². The van der Waals surface area contributed by atoms with Gasteiger partial charge in [0.1, 0.15) is 16.5 Å². The summed E-state index contributed by atoms with van der Waals surface area (Å²) in [5.41, 5.74) is 1.41. The lowest BCUT2D eigenvalue weighted by Gasteiger charge is -2.35. The lowest BCUT2D eigenvalue weighted by atomic mass is 9.72. The highest BCUT2D eigenvalue weighted by molar-refractivity contribution is 7.18. The van der Waals surface area contributed by atoms with Crippen LogP contribution >= 0.6 is 11.3 Å². The van der Waals surface area contributed by atoms with Crippen molar-refractivity contribution in [2.45, 2.75) is 52.9 Å². The van der Waals surface area contributed by atoms with Gasteiger partial charge in [0.15, 0.2) is 0 Å². The molecule has 1 saturated heterocycles. The monoisotopic (exact) mass is 479 g/mol. The number of aryl methyl sites for hydroxylation is 2. The molecule has 1 aliphatic carbocycles. The summed E-state index contributed by atoms with van der Waals surface area (Å²) in [6.45, 7) is 9.83. The van der Waals surface area contributed by atoms with Gasteiger partial charge in [-0.05, 0) is 48.3 Å². The van der Waals surface area contributed by atoms with E-state index in [2.05, 4.69) is 35.6 Å². The van der Waals surface area contributed by atoms with Crippen LogP contribution in [0.15, 0.2) is 29.2 Å². The molecular weight excluding hydrogens is 446 g/mol. The fraction of sp³-hybridized carbons (Fsp3) is 0.538. The highest BCUT2D eigenvalue weighted by atomic mass is 32.1. The Morgan fingerprint density at radius 3 is 2.71 bits per heavy atom. The van der Waals surface area contributed by atoms with Crippen molar-refractivity contribution in [3.63, 3.8) is 0 Å². The molecular formula is C26H33N5O2S. The van der Waals surface area contributed by atoms with Gasteiger partial charge in [0.25, 0.3) is 5.56 Å². The first-order valence-corrected chi connectivity index (χ1v) is 13.1. The molecule has 1 aliphatic heterocycles. The zero-order valence-corrected chi connectivity index (χ0v) is 21.1. The fourth-order valence-corrected chi connectivity index (χ4v) is 6.51. The Morgan fingerprint density at radius 2 is 2.00 bits per heavy atom. The van der Waals surface area contributed by atoms with Gasteiger partial charge in [-0.3, -0.25) is 9.59 Å². The number of aromatic amines is 1. The molecule has 0 bridgehead atoms. The molecule has 1 N–H and O–H groups in total. The van der Waals surface area contributed by atoms with Crippen LogP contribution in [0.3, 0.4) is 0 Å². The van der Waals surface area contributed by atoms with Crippen molar-refractivity contribution in [2.75, 3.05) is 31.1 Å². The van der Waals surface area contributed by atoms with Crippen molar-refractivity contribution < 1.29 is 4.79 Å². The van der Waals surface area contributed by atoms with E-state index in [1.165, 1.54) is 10.4 Å². The molecule has 1 amide bonds. The third-order valence-electron chi connectivity index (χ3n) is 7.37. The quantitative estimate of drug-likeness (QED) is 0.615. The molecule has 1 unspecified atom stereocenters. The molecule has 3 aromatic rings. The van der Waals surface area contributed by atoms with Gasteiger partial charge >= 0.3 is 0 Å².